The van der Waals surface area contributed by atoms with Gasteiger partial charge in [0.1, 0.15) is 5.82 Å². The first-order valence-electron chi connectivity index (χ1n) is 4.73. The molecule has 88 valence electrons. The van der Waals surface area contributed by atoms with Crippen LogP contribution >= 0.6 is 0 Å². The monoisotopic (exact) mass is 231 g/mol. The Morgan fingerprint density at radius 2 is 1.75 bits per heavy atom. The number of alkyl halides is 2. The molecule has 0 fully saturated rings. The van der Waals surface area contributed by atoms with Gasteiger partial charge in [0.25, 0.3) is 5.91 Å². The quantitative estimate of drug-likeness (QED) is 0.783. The minimum absolute atomic E-state index is 0.404. The van der Waals surface area contributed by atoms with Crippen LogP contribution in [-0.4, -0.2) is 24.3 Å². The van der Waals surface area contributed by atoms with Crippen LogP contribution in [0.3, 0.4) is 0 Å². The summed E-state index contributed by atoms with van der Waals surface area (Å²) in [6.07, 6.45) is -3.02. The highest BCUT2D eigenvalue weighted by molar-refractivity contribution is 5.79. The highest BCUT2D eigenvalue weighted by atomic mass is 19.3. The van der Waals surface area contributed by atoms with E-state index in [-0.39, 0.29) is 0 Å². The predicted octanol–water partition coefficient (Wildman–Crippen LogP) is 2.61. The minimum Gasteiger partial charge on any atom is -0.334 e. The fraction of sp³-hybridized carbons (Fsp3) is 0.364. The van der Waals surface area contributed by atoms with Crippen molar-refractivity contribution in [3.05, 3.63) is 35.6 Å². The van der Waals surface area contributed by atoms with Gasteiger partial charge in [0.2, 0.25) is 0 Å². The van der Waals surface area contributed by atoms with E-state index in [9.17, 15) is 18.0 Å². The third-order valence-corrected chi connectivity index (χ3v) is 2.47. The zero-order valence-electron chi connectivity index (χ0n) is 8.95. The van der Waals surface area contributed by atoms with Crippen LogP contribution in [0.25, 0.3) is 0 Å². The van der Waals surface area contributed by atoms with Crippen LogP contribution in [0.2, 0.25) is 0 Å². The normalized spacial score (nSPS) is 12.6. The lowest BCUT2D eigenvalue weighted by Gasteiger charge is -2.24. The first-order chi connectivity index (χ1) is 7.43. The molecule has 0 aliphatic heterocycles. The second-order valence-corrected chi connectivity index (χ2v) is 3.48. The first kappa shape index (κ1) is 12.5. The van der Waals surface area contributed by atoms with Gasteiger partial charge in [-0.25, -0.2) is 4.39 Å². The van der Waals surface area contributed by atoms with Crippen LogP contribution in [0.4, 0.5) is 13.2 Å². The van der Waals surface area contributed by atoms with Gasteiger partial charge in [-0.3, -0.25) is 4.79 Å². The average molecular weight is 231 g/mol. The molecule has 1 atom stereocenters. The highest BCUT2D eigenvalue weighted by Crippen LogP contribution is 2.20. The van der Waals surface area contributed by atoms with Gasteiger partial charge in [-0.05, 0) is 24.6 Å². The van der Waals surface area contributed by atoms with Crippen LogP contribution in [-0.2, 0) is 4.79 Å². The molecule has 0 N–H and O–H groups in total. The van der Waals surface area contributed by atoms with E-state index in [0.717, 1.165) is 4.90 Å². The summed E-state index contributed by atoms with van der Waals surface area (Å²) >= 11 is 0. The van der Waals surface area contributed by atoms with Crippen LogP contribution in [0, 0.1) is 5.82 Å². The summed E-state index contributed by atoms with van der Waals surface area (Å²) < 4.78 is 37.0. The second kappa shape index (κ2) is 5.01. The maximum absolute atomic E-state index is 12.6. The number of amides is 1. The molecule has 0 spiro atoms. The molecule has 0 aliphatic rings. The second-order valence-electron chi connectivity index (χ2n) is 3.48. The Labute approximate surface area is 91.7 Å². The molecule has 5 heteroatoms. The van der Waals surface area contributed by atoms with Crippen molar-refractivity contribution in [3.8, 4) is 0 Å². The van der Waals surface area contributed by atoms with Crippen molar-refractivity contribution in [3.63, 3.8) is 0 Å². The molecule has 2 nitrogen and oxygen atoms in total. The van der Waals surface area contributed by atoms with Crippen molar-refractivity contribution in [2.24, 2.45) is 0 Å². The third kappa shape index (κ3) is 2.74. The van der Waals surface area contributed by atoms with Gasteiger partial charge in [-0.15, -0.1) is 0 Å². The lowest BCUT2D eigenvalue weighted by atomic mass is 10.1. The van der Waals surface area contributed by atoms with Crippen LogP contribution in [0.5, 0.6) is 0 Å². The standard InChI is InChI=1S/C11H12F3NO/c1-7(15(2)11(16)10(13)14)8-3-5-9(12)6-4-8/h3-7,10H,1-2H3/t7-/m1/s1. The van der Waals surface area contributed by atoms with Crippen molar-refractivity contribution in [2.75, 3.05) is 7.05 Å². The van der Waals surface area contributed by atoms with E-state index in [2.05, 4.69) is 0 Å². The number of hydrogen-bond donors (Lipinski definition) is 0. The molecular weight excluding hydrogens is 219 g/mol. The van der Waals surface area contributed by atoms with Crippen LogP contribution in [0.1, 0.15) is 18.5 Å². The molecule has 0 aliphatic carbocycles. The van der Waals surface area contributed by atoms with E-state index >= 15 is 0 Å². The summed E-state index contributed by atoms with van der Waals surface area (Å²) in [5, 5.41) is 0. The molecule has 0 saturated heterocycles. The van der Waals surface area contributed by atoms with E-state index < -0.39 is 24.2 Å². The highest BCUT2D eigenvalue weighted by Gasteiger charge is 2.24. The molecule has 1 rings (SSSR count). The van der Waals surface area contributed by atoms with Crippen molar-refractivity contribution in [1.29, 1.82) is 0 Å². The molecule has 0 heterocycles. The number of nitrogens with zero attached hydrogens (tertiary/aromatic N) is 1. The summed E-state index contributed by atoms with van der Waals surface area (Å²) in [4.78, 5) is 12.0. The maximum Gasteiger partial charge on any atom is 0.315 e. The van der Waals surface area contributed by atoms with Gasteiger partial charge in [0.15, 0.2) is 0 Å². The maximum atomic E-state index is 12.6. The lowest BCUT2D eigenvalue weighted by molar-refractivity contribution is -0.143. The van der Waals surface area contributed by atoms with E-state index in [1.54, 1.807) is 6.92 Å². The Balaban J connectivity index is 2.81. The van der Waals surface area contributed by atoms with Gasteiger partial charge in [0, 0.05) is 7.05 Å². The Morgan fingerprint density at radius 3 is 2.19 bits per heavy atom. The smallest absolute Gasteiger partial charge is 0.315 e. The predicted molar refractivity (Wildman–Crippen MR) is 53.6 cm³/mol. The molecular formula is C11H12F3NO. The number of carbonyl (C=O) groups is 1. The Hall–Kier alpha value is -1.52. The molecule has 0 unspecified atom stereocenters. The summed E-state index contributed by atoms with van der Waals surface area (Å²) in [6, 6.07) is 4.88. The summed E-state index contributed by atoms with van der Waals surface area (Å²) in [6.45, 7) is 1.60. The Morgan fingerprint density at radius 1 is 1.25 bits per heavy atom. The summed E-state index contributed by atoms with van der Waals surface area (Å²) in [5.74, 6) is -1.64. The summed E-state index contributed by atoms with van der Waals surface area (Å²) in [7, 11) is 1.29. The molecule has 0 aromatic heterocycles. The van der Waals surface area contributed by atoms with Crippen molar-refractivity contribution >= 4 is 5.91 Å². The van der Waals surface area contributed by atoms with Gasteiger partial charge in [-0.1, -0.05) is 12.1 Å². The van der Waals surface area contributed by atoms with E-state index in [1.807, 2.05) is 0 Å². The van der Waals surface area contributed by atoms with Gasteiger partial charge in [-0.2, -0.15) is 8.78 Å². The van der Waals surface area contributed by atoms with Crippen molar-refractivity contribution < 1.29 is 18.0 Å². The number of benzene rings is 1. The Kier molecular flexibility index (Phi) is 3.93. The molecule has 1 aromatic carbocycles. The number of halogens is 3. The van der Waals surface area contributed by atoms with Gasteiger partial charge < -0.3 is 4.90 Å². The van der Waals surface area contributed by atoms with Crippen molar-refractivity contribution in [2.45, 2.75) is 19.4 Å². The van der Waals surface area contributed by atoms with E-state index in [4.69, 9.17) is 0 Å². The fourth-order valence-corrected chi connectivity index (χ4v) is 1.31. The van der Waals surface area contributed by atoms with Gasteiger partial charge in [0.05, 0.1) is 6.04 Å². The zero-order valence-corrected chi connectivity index (χ0v) is 8.95. The number of carbonyl (C=O) groups excluding carboxylic acids is 1. The molecule has 0 saturated carbocycles. The average Bonchev–Trinajstić information content (AvgIpc) is 2.27. The van der Waals surface area contributed by atoms with E-state index in [1.165, 1.54) is 31.3 Å². The topological polar surface area (TPSA) is 20.3 Å². The molecule has 16 heavy (non-hydrogen) atoms. The van der Waals surface area contributed by atoms with Crippen LogP contribution in [0.15, 0.2) is 24.3 Å². The Bertz CT molecular complexity index is 364. The van der Waals surface area contributed by atoms with Crippen molar-refractivity contribution in [1.82, 2.24) is 4.90 Å². The van der Waals surface area contributed by atoms with Gasteiger partial charge >= 0.3 is 6.43 Å². The van der Waals surface area contributed by atoms with Crippen LogP contribution < -0.4 is 0 Å². The molecule has 1 amide bonds. The SMILES string of the molecule is C[C@H](c1ccc(F)cc1)N(C)C(=O)C(F)F. The third-order valence-electron chi connectivity index (χ3n) is 2.47. The zero-order chi connectivity index (χ0) is 12.3. The molecule has 0 radical (unpaired) electrons. The fourth-order valence-electron chi connectivity index (χ4n) is 1.31. The number of rotatable bonds is 3. The van der Waals surface area contributed by atoms with E-state index in [0.29, 0.717) is 5.56 Å². The minimum atomic E-state index is -3.02. The molecule has 0 bridgehead atoms. The number of hydrogen-bond acceptors (Lipinski definition) is 1. The lowest BCUT2D eigenvalue weighted by Crippen LogP contribution is -2.34. The largest absolute Gasteiger partial charge is 0.334 e. The summed E-state index contributed by atoms with van der Waals surface area (Å²) in [5.41, 5.74) is 0.609. The molecule has 1 aromatic rings. The first-order valence-corrected chi connectivity index (χ1v) is 4.73.